The standard InChI is InChI=1S/C22H15N3O/c23-14-18-13-19(21(25-22(18)24)20-10-5-11-26-20)17-9-4-8-16(12-17)15-6-2-1-3-7-15/h1-13H,(H2,24,25). The number of nitriles is 1. The van der Waals surface area contributed by atoms with Gasteiger partial charge >= 0.3 is 0 Å². The highest BCUT2D eigenvalue weighted by Gasteiger charge is 2.16. The van der Waals surface area contributed by atoms with Crippen LogP contribution in [0.5, 0.6) is 0 Å². The quantitative estimate of drug-likeness (QED) is 0.562. The minimum atomic E-state index is 0.196. The monoisotopic (exact) mass is 337 g/mol. The van der Waals surface area contributed by atoms with Crippen LogP contribution in [0, 0.1) is 11.3 Å². The molecule has 2 aromatic carbocycles. The lowest BCUT2D eigenvalue weighted by atomic mass is 9.96. The van der Waals surface area contributed by atoms with Gasteiger partial charge in [-0.3, -0.25) is 0 Å². The second kappa shape index (κ2) is 6.58. The van der Waals surface area contributed by atoms with E-state index < -0.39 is 0 Å². The first-order chi connectivity index (χ1) is 12.8. The van der Waals surface area contributed by atoms with Crippen molar-refractivity contribution in [3.8, 4) is 39.8 Å². The van der Waals surface area contributed by atoms with E-state index in [4.69, 9.17) is 10.2 Å². The van der Waals surface area contributed by atoms with Crippen LogP contribution < -0.4 is 5.73 Å². The lowest BCUT2D eigenvalue weighted by molar-refractivity contribution is 0.580. The van der Waals surface area contributed by atoms with Gasteiger partial charge in [-0.25, -0.2) is 4.98 Å². The summed E-state index contributed by atoms with van der Waals surface area (Å²) in [6.07, 6.45) is 1.59. The molecule has 4 rings (SSSR count). The molecule has 2 N–H and O–H groups in total. The summed E-state index contributed by atoms with van der Waals surface area (Å²) in [6, 6.07) is 25.8. The minimum Gasteiger partial charge on any atom is -0.463 e. The van der Waals surface area contributed by atoms with Crippen molar-refractivity contribution < 1.29 is 4.42 Å². The number of pyridine rings is 1. The highest BCUT2D eigenvalue weighted by atomic mass is 16.3. The molecule has 0 unspecified atom stereocenters. The summed E-state index contributed by atoms with van der Waals surface area (Å²) < 4.78 is 5.52. The normalized spacial score (nSPS) is 10.4. The maximum atomic E-state index is 9.35. The molecule has 0 amide bonds. The smallest absolute Gasteiger partial charge is 0.152 e. The average Bonchev–Trinajstić information content (AvgIpc) is 3.23. The van der Waals surface area contributed by atoms with Crippen LogP contribution in [0.15, 0.2) is 83.5 Å². The molecule has 0 spiro atoms. The van der Waals surface area contributed by atoms with Gasteiger partial charge in [0.25, 0.3) is 0 Å². The van der Waals surface area contributed by atoms with Crippen molar-refractivity contribution in [2.75, 3.05) is 5.73 Å². The second-order valence-electron chi connectivity index (χ2n) is 5.85. The number of nitrogen functional groups attached to an aromatic ring is 1. The highest BCUT2D eigenvalue weighted by Crippen LogP contribution is 2.35. The summed E-state index contributed by atoms with van der Waals surface area (Å²) in [4.78, 5) is 4.43. The Morgan fingerprint density at radius 3 is 2.35 bits per heavy atom. The van der Waals surface area contributed by atoms with Gasteiger partial charge in [0, 0.05) is 5.56 Å². The van der Waals surface area contributed by atoms with Gasteiger partial charge in [-0.1, -0.05) is 48.5 Å². The van der Waals surface area contributed by atoms with E-state index in [1.54, 1.807) is 18.4 Å². The zero-order valence-electron chi connectivity index (χ0n) is 13.9. The lowest BCUT2D eigenvalue weighted by Crippen LogP contribution is -1.99. The average molecular weight is 337 g/mol. The van der Waals surface area contributed by atoms with Crippen LogP contribution in [0.25, 0.3) is 33.7 Å². The van der Waals surface area contributed by atoms with Crippen molar-refractivity contribution in [2.45, 2.75) is 0 Å². The largest absolute Gasteiger partial charge is 0.463 e. The second-order valence-corrected chi connectivity index (χ2v) is 5.85. The minimum absolute atomic E-state index is 0.196. The number of nitrogens with zero attached hydrogens (tertiary/aromatic N) is 2. The van der Waals surface area contributed by atoms with Crippen LogP contribution in [-0.2, 0) is 0 Å². The maximum absolute atomic E-state index is 9.35. The van der Waals surface area contributed by atoms with Crippen LogP contribution in [0.2, 0.25) is 0 Å². The van der Waals surface area contributed by atoms with Crippen LogP contribution >= 0.6 is 0 Å². The van der Waals surface area contributed by atoms with Crippen molar-refractivity contribution in [3.63, 3.8) is 0 Å². The summed E-state index contributed by atoms with van der Waals surface area (Å²) in [6.45, 7) is 0. The first-order valence-corrected chi connectivity index (χ1v) is 8.16. The van der Waals surface area contributed by atoms with Crippen molar-refractivity contribution in [1.29, 1.82) is 5.26 Å². The Morgan fingerprint density at radius 2 is 1.62 bits per heavy atom. The van der Waals surface area contributed by atoms with E-state index in [0.717, 1.165) is 22.3 Å². The van der Waals surface area contributed by atoms with Gasteiger partial charge in [-0.2, -0.15) is 5.26 Å². The number of anilines is 1. The number of benzene rings is 2. The maximum Gasteiger partial charge on any atom is 0.152 e. The first-order valence-electron chi connectivity index (χ1n) is 8.16. The fourth-order valence-corrected chi connectivity index (χ4v) is 2.94. The van der Waals surface area contributed by atoms with E-state index in [1.807, 2.05) is 36.4 Å². The van der Waals surface area contributed by atoms with E-state index >= 15 is 0 Å². The van der Waals surface area contributed by atoms with E-state index in [1.165, 1.54) is 0 Å². The molecule has 0 saturated heterocycles. The molecular weight excluding hydrogens is 322 g/mol. The molecule has 0 aliphatic carbocycles. The predicted molar refractivity (Wildman–Crippen MR) is 102 cm³/mol. The molecule has 0 aliphatic rings. The number of nitrogens with two attached hydrogens (primary N) is 1. The molecule has 4 heteroatoms. The van der Waals surface area contributed by atoms with Gasteiger partial charge in [0.15, 0.2) is 5.76 Å². The Kier molecular flexibility index (Phi) is 3.97. The Bertz CT molecular complexity index is 1090. The fraction of sp³-hybridized carbons (Fsp3) is 0. The van der Waals surface area contributed by atoms with Crippen LogP contribution in [0.1, 0.15) is 5.56 Å². The Hall–Kier alpha value is -3.84. The van der Waals surface area contributed by atoms with E-state index in [0.29, 0.717) is 17.0 Å². The predicted octanol–water partition coefficient (Wildman–Crippen LogP) is 5.13. The third-order valence-corrected chi connectivity index (χ3v) is 4.21. The van der Waals surface area contributed by atoms with E-state index in [-0.39, 0.29) is 5.82 Å². The number of hydrogen-bond donors (Lipinski definition) is 1. The van der Waals surface area contributed by atoms with Gasteiger partial charge in [-0.15, -0.1) is 0 Å². The fourth-order valence-electron chi connectivity index (χ4n) is 2.94. The molecule has 2 aromatic heterocycles. The van der Waals surface area contributed by atoms with Crippen molar-refractivity contribution in [3.05, 3.63) is 84.6 Å². The summed E-state index contributed by atoms with van der Waals surface area (Å²) in [5.41, 5.74) is 10.9. The van der Waals surface area contributed by atoms with Gasteiger partial charge in [0.2, 0.25) is 0 Å². The Balaban J connectivity index is 1.92. The molecule has 2 heterocycles. The van der Waals surface area contributed by atoms with Crippen LogP contribution in [0.4, 0.5) is 5.82 Å². The molecule has 0 bridgehead atoms. The first kappa shape index (κ1) is 15.7. The number of furan rings is 1. The Morgan fingerprint density at radius 1 is 0.846 bits per heavy atom. The lowest BCUT2D eigenvalue weighted by Gasteiger charge is -2.11. The number of aromatic nitrogens is 1. The van der Waals surface area contributed by atoms with Gasteiger partial charge in [-0.05, 0) is 41.0 Å². The molecule has 0 radical (unpaired) electrons. The van der Waals surface area contributed by atoms with E-state index in [9.17, 15) is 5.26 Å². The number of hydrogen-bond acceptors (Lipinski definition) is 4. The number of rotatable bonds is 3. The van der Waals surface area contributed by atoms with Crippen LogP contribution in [-0.4, -0.2) is 4.98 Å². The third-order valence-electron chi connectivity index (χ3n) is 4.21. The molecule has 4 nitrogen and oxygen atoms in total. The Labute approximate surface area is 151 Å². The SMILES string of the molecule is N#Cc1cc(-c2cccc(-c3ccccc3)c2)c(-c2ccco2)nc1N. The van der Waals surface area contributed by atoms with Crippen molar-refractivity contribution in [2.24, 2.45) is 0 Å². The summed E-state index contributed by atoms with van der Waals surface area (Å²) in [7, 11) is 0. The molecular formula is C22H15N3O. The van der Waals surface area contributed by atoms with Gasteiger partial charge in [0.1, 0.15) is 17.6 Å². The summed E-state index contributed by atoms with van der Waals surface area (Å²) in [5, 5.41) is 9.35. The molecule has 124 valence electrons. The zero-order valence-corrected chi connectivity index (χ0v) is 13.9. The van der Waals surface area contributed by atoms with Gasteiger partial charge in [0.05, 0.1) is 11.8 Å². The van der Waals surface area contributed by atoms with Gasteiger partial charge < -0.3 is 10.2 Å². The summed E-state index contributed by atoms with van der Waals surface area (Å²) >= 11 is 0. The molecule has 0 aliphatic heterocycles. The third kappa shape index (κ3) is 2.83. The van der Waals surface area contributed by atoms with Crippen LogP contribution in [0.3, 0.4) is 0 Å². The van der Waals surface area contributed by atoms with Crippen molar-refractivity contribution in [1.82, 2.24) is 4.98 Å². The van der Waals surface area contributed by atoms with E-state index in [2.05, 4.69) is 35.3 Å². The molecule has 4 aromatic rings. The molecule has 0 fully saturated rings. The summed E-state index contributed by atoms with van der Waals surface area (Å²) in [5.74, 6) is 0.808. The topological polar surface area (TPSA) is 75.8 Å². The molecule has 0 saturated carbocycles. The zero-order chi connectivity index (χ0) is 17.9. The molecule has 0 atom stereocenters. The molecule has 26 heavy (non-hydrogen) atoms. The van der Waals surface area contributed by atoms with Crippen molar-refractivity contribution >= 4 is 5.82 Å². The highest BCUT2D eigenvalue weighted by molar-refractivity contribution is 5.83.